The van der Waals surface area contributed by atoms with E-state index in [4.69, 9.17) is 11.6 Å². The Bertz CT molecular complexity index is 1540. The van der Waals surface area contributed by atoms with E-state index in [2.05, 4.69) is 48.0 Å². The number of nitrogens with one attached hydrogen (secondary N) is 5. The summed E-state index contributed by atoms with van der Waals surface area (Å²) in [5.74, 6) is 0.165. The number of benzene rings is 2. The summed E-state index contributed by atoms with van der Waals surface area (Å²) in [4.78, 5) is 23.5. The second-order valence-corrected chi connectivity index (χ2v) is 13.4. The molecule has 0 atom stereocenters. The number of halogens is 1. The Morgan fingerprint density at radius 2 is 1.86 bits per heavy atom. The fourth-order valence-corrected chi connectivity index (χ4v) is 6.08. The minimum atomic E-state index is -3.55. The molecular weight excluding hydrogens is 588 g/mol. The van der Waals surface area contributed by atoms with E-state index in [-0.39, 0.29) is 27.6 Å². The van der Waals surface area contributed by atoms with Gasteiger partial charge in [0.15, 0.2) is 15.7 Å². The molecule has 1 aliphatic rings. The zero-order valence-corrected chi connectivity index (χ0v) is 26.2. The van der Waals surface area contributed by atoms with E-state index in [1.807, 2.05) is 25.2 Å². The van der Waals surface area contributed by atoms with Gasteiger partial charge in [0, 0.05) is 37.9 Å². The first-order valence-electron chi connectivity index (χ1n) is 14.2. The van der Waals surface area contributed by atoms with Crippen molar-refractivity contribution >= 4 is 61.9 Å². The van der Waals surface area contributed by atoms with E-state index in [0.717, 1.165) is 44.7 Å². The highest BCUT2D eigenvalue weighted by Gasteiger charge is 2.24. The lowest BCUT2D eigenvalue weighted by Gasteiger charge is -2.35. The molecule has 0 unspecified atom stereocenters. The summed E-state index contributed by atoms with van der Waals surface area (Å²) >= 11 is 6.39. The van der Waals surface area contributed by atoms with Crippen molar-refractivity contribution in [2.45, 2.75) is 42.9 Å². The van der Waals surface area contributed by atoms with Crippen LogP contribution in [0.2, 0.25) is 5.02 Å². The van der Waals surface area contributed by atoms with Gasteiger partial charge in [0.1, 0.15) is 5.02 Å². The van der Waals surface area contributed by atoms with Gasteiger partial charge < -0.3 is 31.5 Å². The first kappa shape index (κ1) is 32.2. The Morgan fingerprint density at radius 3 is 2.56 bits per heavy atom. The molecule has 43 heavy (non-hydrogen) atoms. The second kappa shape index (κ2) is 14.6. The fourth-order valence-electron chi connectivity index (χ4n) is 4.74. The number of para-hydroxylation sites is 1. The average molecular weight is 627 g/mol. The number of amides is 1. The zero-order chi connectivity index (χ0) is 31.0. The van der Waals surface area contributed by atoms with Gasteiger partial charge in [0.25, 0.3) is 0 Å². The molecule has 4 rings (SSSR count). The van der Waals surface area contributed by atoms with Crippen LogP contribution >= 0.6 is 11.6 Å². The summed E-state index contributed by atoms with van der Waals surface area (Å²) in [5, 5.41) is 15.5. The van der Waals surface area contributed by atoms with Gasteiger partial charge in [-0.1, -0.05) is 30.3 Å². The molecule has 13 heteroatoms. The van der Waals surface area contributed by atoms with Gasteiger partial charge in [-0.25, -0.2) is 13.4 Å². The summed E-state index contributed by atoms with van der Waals surface area (Å²) in [7, 11) is -1.61. The molecule has 3 aromatic rings. The Labute approximate surface area is 258 Å². The number of anilines is 6. The van der Waals surface area contributed by atoms with Crippen molar-refractivity contribution in [3.8, 4) is 0 Å². The number of carbonyl (C=O) groups excluding carboxylic acids is 1. The van der Waals surface area contributed by atoms with E-state index >= 15 is 0 Å². The summed E-state index contributed by atoms with van der Waals surface area (Å²) < 4.78 is 25.8. The van der Waals surface area contributed by atoms with Crippen LogP contribution < -0.4 is 31.5 Å². The highest BCUT2D eigenvalue weighted by Crippen LogP contribution is 2.34. The van der Waals surface area contributed by atoms with Gasteiger partial charge in [-0.2, -0.15) is 4.98 Å². The van der Waals surface area contributed by atoms with Gasteiger partial charge in [0.05, 0.1) is 33.4 Å². The molecule has 0 bridgehead atoms. The Kier molecular flexibility index (Phi) is 11.0. The molecule has 1 fully saturated rings. The Hall–Kier alpha value is -3.71. The van der Waals surface area contributed by atoms with Crippen LogP contribution in [0.1, 0.15) is 26.7 Å². The highest BCUT2D eigenvalue weighted by molar-refractivity contribution is 7.92. The van der Waals surface area contributed by atoms with Crippen molar-refractivity contribution < 1.29 is 13.2 Å². The van der Waals surface area contributed by atoms with Gasteiger partial charge in [-0.15, -0.1) is 0 Å². The standard InChI is InChI=1S/C30H39ClN8O3S/c1-5-28(40)36-25-18-22(10-11-26(25)39-16-12-21(13-17-39)33-15-14-32-4)35-30-34-19-23(31)29(38-30)37-24-8-6-7-9-27(24)43(41,42)20(2)3/h5-11,18-21,32-33H,1,12-17H2,2-4H3,(H,36,40)(H2,34,35,37,38). The SMILES string of the molecule is C=CC(=O)Nc1cc(Nc2ncc(Cl)c(Nc3ccccc3S(=O)(=O)C(C)C)n2)ccc1N1CCC(NCCNC)CC1. The molecule has 5 N–H and O–H groups in total. The van der Waals surface area contributed by atoms with Crippen LogP contribution in [0.15, 0.2) is 66.2 Å². The quantitative estimate of drug-likeness (QED) is 0.134. The highest BCUT2D eigenvalue weighted by atomic mass is 35.5. The van der Waals surface area contributed by atoms with Gasteiger partial charge >= 0.3 is 0 Å². The number of likely N-dealkylation sites (N-methyl/N-ethyl adjacent to an activating group) is 1. The number of nitrogens with zero attached hydrogens (tertiary/aromatic N) is 3. The number of rotatable bonds is 13. The molecule has 0 saturated carbocycles. The minimum Gasteiger partial charge on any atom is -0.370 e. The molecule has 0 spiro atoms. The lowest BCUT2D eigenvalue weighted by Crippen LogP contribution is -2.44. The third kappa shape index (κ3) is 8.23. The predicted molar refractivity (Wildman–Crippen MR) is 175 cm³/mol. The minimum absolute atomic E-state index is 0.158. The summed E-state index contributed by atoms with van der Waals surface area (Å²) in [6.45, 7) is 10.4. The number of aromatic nitrogens is 2. The number of carbonyl (C=O) groups is 1. The predicted octanol–water partition coefficient (Wildman–Crippen LogP) is 4.70. The van der Waals surface area contributed by atoms with Crippen LogP contribution in [0.3, 0.4) is 0 Å². The smallest absolute Gasteiger partial charge is 0.247 e. The molecule has 1 amide bonds. The molecule has 2 heterocycles. The van der Waals surface area contributed by atoms with Crippen LogP contribution in [0.25, 0.3) is 0 Å². The molecular formula is C30H39ClN8O3S. The van der Waals surface area contributed by atoms with Crippen molar-refractivity contribution in [1.29, 1.82) is 0 Å². The third-order valence-electron chi connectivity index (χ3n) is 7.15. The first-order valence-corrected chi connectivity index (χ1v) is 16.1. The maximum Gasteiger partial charge on any atom is 0.247 e. The number of sulfone groups is 1. The maximum absolute atomic E-state index is 12.9. The number of hydrogen-bond donors (Lipinski definition) is 5. The van der Waals surface area contributed by atoms with Gasteiger partial charge in [-0.3, -0.25) is 4.79 Å². The van der Waals surface area contributed by atoms with Crippen molar-refractivity contribution in [2.24, 2.45) is 0 Å². The van der Waals surface area contributed by atoms with Crippen molar-refractivity contribution in [3.05, 3.63) is 66.3 Å². The molecule has 1 saturated heterocycles. The van der Waals surface area contributed by atoms with E-state index in [1.165, 1.54) is 12.3 Å². The fraction of sp³-hybridized carbons (Fsp3) is 0.367. The largest absolute Gasteiger partial charge is 0.370 e. The summed E-state index contributed by atoms with van der Waals surface area (Å²) in [6.07, 6.45) is 4.66. The second-order valence-electron chi connectivity index (χ2n) is 10.5. The van der Waals surface area contributed by atoms with Crippen LogP contribution in [-0.2, 0) is 14.6 Å². The van der Waals surface area contributed by atoms with Crippen LogP contribution in [0.4, 0.5) is 34.5 Å². The van der Waals surface area contributed by atoms with Crippen molar-refractivity contribution in [2.75, 3.05) is 54.1 Å². The number of hydrogen-bond acceptors (Lipinski definition) is 10. The van der Waals surface area contributed by atoms with E-state index in [0.29, 0.717) is 23.1 Å². The molecule has 1 aliphatic heterocycles. The molecule has 2 aromatic carbocycles. The summed E-state index contributed by atoms with van der Waals surface area (Å²) in [5.41, 5.74) is 2.55. The zero-order valence-electron chi connectivity index (χ0n) is 24.7. The summed E-state index contributed by atoms with van der Waals surface area (Å²) in [6, 6.07) is 12.8. The monoisotopic (exact) mass is 626 g/mol. The van der Waals surface area contributed by atoms with Crippen LogP contribution in [0, 0.1) is 0 Å². The van der Waals surface area contributed by atoms with Crippen LogP contribution in [-0.4, -0.2) is 68.8 Å². The van der Waals surface area contributed by atoms with E-state index in [1.54, 1.807) is 38.1 Å². The normalized spacial score (nSPS) is 14.0. The maximum atomic E-state index is 12.9. The van der Waals surface area contributed by atoms with Gasteiger partial charge in [0.2, 0.25) is 11.9 Å². The molecule has 0 radical (unpaired) electrons. The Balaban J connectivity index is 1.55. The third-order valence-corrected chi connectivity index (χ3v) is 9.64. The number of piperidine rings is 1. The van der Waals surface area contributed by atoms with Gasteiger partial charge in [-0.05, 0) is 70.1 Å². The molecule has 1 aromatic heterocycles. The van der Waals surface area contributed by atoms with E-state index in [9.17, 15) is 13.2 Å². The Morgan fingerprint density at radius 1 is 1.12 bits per heavy atom. The molecule has 230 valence electrons. The molecule has 0 aliphatic carbocycles. The van der Waals surface area contributed by atoms with Crippen molar-refractivity contribution in [3.63, 3.8) is 0 Å². The first-order chi connectivity index (χ1) is 20.6. The van der Waals surface area contributed by atoms with Crippen molar-refractivity contribution in [1.82, 2.24) is 20.6 Å². The molecule has 11 nitrogen and oxygen atoms in total. The lowest BCUT2D eigenvalue weighted by molar-refractivity contribution is -0.111. The lowest BCUT2D eigenvalue weighted by atomic mass is 10.0. The van der Waals surface area contributed by atoms with E-state index < -0.39 is 15.1 Å². The average Bonchev–Trinajstić information content (AvgIpc) is 2.99. The van der Waals surface area contributed by atoms with Crippen LogP contribution in [0.5, 0.6) is 0 Å². The topological polar surface area (TPSA) is 140 Å².